The number of nitrogens with zero attached hydrogens (tertiary/aromatic N) is 2. The molecular weight excluding hydrogens is 619 g/mol. The third kappa shape index (κ3) is 5.89. The van der Waals surface area contributed by atoms with Gasteiger partial charge in [-0.15, -0.1) is 0 Å². The molecule has 0 bridgehead atoms. The number of rotatable bonds is 6. The van der Waals surface area contributed by atoms with Crippen LogP contribution in [0.2, 0.25) is 0 Å². The molecule has 8 rings (SSSR count). The first-order valence-corrected chi connectivity index (χ1v) is 16.5. The van der Waals surface area contributed by atoms with E-state index in [0.29, 0.717) is 24.2 Å². The van der Waals surface area contributed by atoms with Crippen LogP contribution in [0.25, 0.3) is 32.3 Å². The summed E-state index contributed by atoms with van der Waals surface area (Å²) in [5.74, 6) is -0.411. The largest absolute Gasteiger partial charge is 0.333 e. The van der Waals surface area contributed by atoms with E-state index in [2.05, 4.69) is 61.4 Å². The highest BCUT2D eigenvalue weighted by molar-refractivity contribution is 7.74. The van der Waals surface area contributed by atoms with Crippen LogP contribution in [0.1, 0.15) is 26.7 Å². The molecule has 240 valence electrons. The summed E-state index contributed by atoms with van der Waals surface area (Å²) in [7, 11) is 0. The van der Waals surface area contributed by atoms with Crippen molar-refractivity contribution in [3.8, 4) is 0 Å². The molecule has 6 heteroatoms. The van der Waals surface area contributed by atoms with Crippen molar-refractivity contribution in [3.05, 3.63) is 163 Å². The zero-order valence-electron chi connectivity index (χ0n) is 26.8. The number of para-hydroxylation sites is 3. The number of halogens is 2. The van der Waals surface area contributed by atoms with Crippen LogP contribution in [0.5, 0.6) is 0 Å². The monoisotopic (exact) mass is 654 g/mol. The van der Waals surface area contributed by atoms with Gasteiger partial charge >= 0.3 is 0 Å². The molecule has 0 fully saturated rings. The lowest BCUT2D eigenvalue weighted by Crippen LogP contribution is -2.18. The molecule has 0 saturated heterocycles. The van der Waals surface area contributed by atoms with Gasteiger partial charge in [-0.05, 0) is 95.5 Å². The van der Waals surface area contributed by atoms with Crippen LogP contribution in [-0.4, -0.2) is 4.55 Å². The quantitative estimate of drug-likeness (QED) is 0.106. The van der Waals surface area contributed by atoms with Gasteiger partial charge in [-0.25, -0.2) is 8.78 Å². The zero-order chi connectivity index (χ0) is 33.6. The van der Waals surface area contributed by atoms with Gasteiger partial charge in [0.2, 0.25) is 0 Å². The summed E-state index contributed by atoms with van der Waals surface area (Å²) >= 11 is 2.53. The van der Waals surface area contributed by atoms with Crippen LogP contribution in [0, 0.1) is 5.82 Å². The average molecular weight is 655 g/mol. The molecule has 0 spiro atoms. The first-order chi connectivity index (χ1) is 23.7. The van der Waals surface area contributed by atoms with Crippen molar-refractivity contribution in [3.63, 3.8) is 0 Å². The third-order valence-corrected chi connectivity index (χ3v) is 8.55. The minimum Gasteiger partial charge on any atom is -0.333 e. The average Bonchev–Trinajstić information content (AvgIpc) is 3.16. The number of hydrogen-bond donors (Lipinski definition) is 2. The van der Waals surface area contributed by atoms with E-state index in [4.69, 9.17) is 4.55 Å². The Morgan fingerprint density at radius 1 is 0.542 bits per heavy atom. The van der Waals surface area contributed by atoms with E-state index in [1.165, 1.54) is 6.07 Å². The van der Waals surface area contributed by atoms with Gasteiger partial charge in [-0.3, -0.25) is 0 Å². The highest BCUT2D eigenvalue weighted by Gasteiger charge is 2.24. The summed E-state index contributed by atoms with van der Waals surface area (Å²) in [6, 6.07) is 43.7. The standard InChI is InChI=1S/C40H28F2N2.C2H6.H2OS/c41-33-15-7-9-17-37(33)43(29-11-3-1-4-12-29)35-25-21-27-20-24-32-36(26-22-28-19-23-31(35)39(27)40(28)32)44(30-13-5-2-6-14-30)38-18-10-8-16-34(38)42;2*1-2/h1-7,9-15,17-26H,8,16H2;1-2H3;1-2H. The van der Waals surface area contributed by atoms with Crippen LogP contribution in [-0.2, 0) is 0 Å². The van der Waals surface area contributed by atoms with Gasteiger partial charge in [-0.2, -0.15) is 0 Å². The van der Waals surface area contributed by atoms with Crippen molar-refractivity contribution in [2.75, 3.05) is 9.80 Å². The molecule has 0 unspecified atom stereocenters. The Morgan fingerprint density at radius 2 is 1.02 bits per heavy atom. The van der Waals surface area contributed by atoms with Crippen LogP contribution in [0.15, 0.2) is 157 Å². The summed E-state index contributed by atoms with van der Waals surface area (Å²) in [6.45, 7) is 4.00. The number of allylic oxidation sites excluding steroid dienone is 3. The topological polar surface area (TPSA) is 26.7 Å². The molecular formula is C42H36F2N2OS. The Balaban J connectivity index is 0.000000969. The van der Waals surface area contributed by atoms with Gasteiger partial charge in [0.05, 0.1) is 22.8 Å². The lowest BCUT2D eigenvalue weighted by molar-refractivity contribution is 0.575. The Morgan fingerprint density at radius 3 is 1.56 bits per heavy atom. The van der Waals surface area contributed by atoms with Crippen LogP contribution >= 0.6 is 12.9 Å². The molecule has 0 saturated carbocycles. The highest BCUT2D eigenvalue weighted by Crippen LogP contribution is 2.47. The predicted octanol–water partition coefficient (Wildman–Crippen LogP) is 13.3. The SMILES string of the molecule is CC.FC1=C(N(c2ccccc2)c2ccc3ccc4c(N(c5ccccc5)c5ccccc5F)ccc5ccc2c3c54)C=CCC1.OS. The fourth-order valence-corrected chi connectivity index (χ4v) is 6.58. The molecule has 1 aliphatic rings. The third-order valence-electron chi connectivity index (χ3n) is 8.55. The molecule has 0 aliphatic heterocycles. The predicted molar refractivity (Wildman–Crippen MR) is 203 cm³/mol. The van der Waals surface area contributed by atoms with E-state index in [-0.39, 0.29) is 11.6 Å². The first-order valence-electron chi connectivity index (χ1n) is 16.1. The molecule has 7 aromatic carbocycles. The van der Waals surface area contributed by atoms with E-state index >= 15 is 8.78 Å². The fourth-order valence-electron chi connectivity index (χ4n) is 6.58. The van der Waals surface area contributed by atoms with Gasteiger partial charge in [0.15, 0.2) is 0 Å². The Hall–Kier alpha value is -5.17. The lowest BCUT2D eigenvalue weighted by atomic mass is 9.91. The maximum absolute atomic E-state index is 15.5. The van der Waals surface area contributed by atoms with Crippen LogP contribution in [0.4, 0.5) is 37.2 Å². The van der Waals surface area contributed by atoms with Gasteiger partial charge in [0.1, 0.15) is 11.6 Å². The van der Waals surface area contributed by atoms with Gasteiger partial charge in [0.25, 0.3) is 0 Å². The Labute approximate surface area is 285 Å². The lowest BCUT2D eigenvalue weighted by Gasteiger charge is -2.30. The molecule has 1 aliphatic carbocycles. The minimum atomic E-state index is -0.293. The van der Waals surface area contributed by atoms with Crippen molar-refractivity contribution in [1.29, 1.82) is 0 Å². The van der Waals surface area contributed by atoms with Crippen LogP contribution in [0.3, 0.4) is 0 Å². The van der Waals surface area contributed by atoms with Crippen molar-refractivity contribution in [1.82, 2.24) is 0 Å². The molecule has 0 amide bonds. The van der Waals surface area contributed by atoms with Gasteiger partial charge in [0, 0.05) is 28.6 Å². The zero-order valence-corrected chi connectivity index (χ0v) is 27.7. The minimum absolute atomic E-state index is 0.118. The van der Waals surface area contributed by atoms with E-state index < -0.39 is 0 Å². The van der Waals surface area contributed by atoms with Crippen molar-refractivity contribution < 1.29 is 13.3 Å². The van der Waals surface area contributed by atoms with Gasteiger partial charge in [-0.1, -0.05) is 105 Å². The molecule has 0 atom stereocenters. The van der Waals surface area contributed by atoms with Crippen molar-refractivity contribution in [2.45, 2.75) is 26.7 Å². The van der Waals surface area contributed by atoms with E-state index in [1.54, 1.807) is 6.07 Å². The maximum atomic E-state index is 15.5. The number of thiol groups is 1. The summed E-state index contributed by atoms with van der Waals surface area (Å²) in [5.41, 5.74) is 4.61. The second kappa shape index (κ2) is 14.7. The summed E-state index contributed by atoms with van der Waals surface area (Å²) in [5, 5.41) is 6.42. The smallest absolute Gasteiger partial charge is 0.147 e. The molecule has 0 radical (unpaired) electrons. The normalized spacial score (nSPS) is 12.5. The summed E-state index contributed by atoms with van der Waals surface area (Å²) < 4.78 is 37.6. The second-order valence-corrected chi connectivity index (χ2v) is 11.1. The second-order valence-electron chi connectivity index (χ2n) is 11.1. The van der Waals surface area contributed by atoms with E-state index in [1.807, 2.05) is 109 Å². The molecule has 0 aromatic heterocycles. The number of anilines is 5. The molecule has 7 aromatic rings. The van der Waals surface area contributed by atoms with Crippen LogP contribution < -0.4 is 9.80 Å². The fraction of sp³-hybridized carbons (Fsp3) is 0.0952. The van der Waals surface area contributed by atoms with Crippen molar-refractivity contribution >= 4 is 73.7 Å². The Kier molecular flexibility index (Phi) is 10.0. The summed E-state index contributed by atoms with van der Waals surface area (Å²) in [4.78, 5) is 4.03. The van der Waals surface area contributed by atoms with E-state index in [0.717, 1.165) is 55.1 Å². The first kappa shape index (κ1) is 32.8. The highest BCUT2D eigenvalue weighted by atomic mass is 32.1. The Bertz CT molecular complexity index is 2220. The summed E-state index contributed by atoms with van der Waals surface area (Å²) in [6.07, 6.45) is 5.01. The van der Waals surface area contributed by atoms with Gasteiger partial charge < -0.3 is 14.4 Å². The molecule has 1 N–H and O–H groups in total. The van der Waals surface area contributed by atoms with Crippen molar-refractivity contribution in [2.24, 2.45) is 0 Å². The number of hydrogen-bond acceptors (Lipinski definition) is 4. The molecule has 3 nitrogen and oxygen atoms in total. The maximum Gasteiger partial charge on any atom is 0.147 e. The molecule has 48 heavy (non-hydrogen) atoms. The molecule has 0 heterocycles. The number of benzene rings is 7. The van der Waals surface area contributed by atoms with E-state index in [9.17, 15) is 0 Å².